The first-order chi connectivity index (χ1) is 8.16. The number of hydrogen-bond donors (Lipinski definition) is 2. The van der Waals surface area contributed by atoms with Crippen molar-refractivity contribution in [3.8, 4) is 5.75 Å². The number of hydrogen-bond acceptors (Lipinski definition) is 3. The summed E-state index contributed by atoms with van der Waals surface area (Å²) in [6, 6.07) is 4.00. The number of aryl methyl sites for hydroxylation is 2. The van der Waals surface area contributed by atoms with Gasteiger partial charge < -0.3 is 15.3 Å². The Morgan fingerprint density at radius 3 is 2.53 bits per heavy atom. The van der Waals surface area contributed by atoms with Crippen LogP contribution in [0, 0.1) is 13.8 Å². The SMILES string of the molecule is Cc1cc(O)c(CCN2CCNCC2)cc1C. The highest BCUT2D eigenvalue weighted by Crippen LogP contribution is 2.22. The van der Waals surface area contributed by atoms with Crippen LogP contribution in [0.25, 0.3) is 0 Å². The molecule has 1 aliphatic heterocycles. The van der Waals surface area contributed by atoms with Crippen molar-refractivity contribution in [2.45, 2.75) is 20.3 Å². The van der Waals surface area contributed by atoms with Crippen LogP contribution in [0.1, 0.15) is 16.7 Å². The van der Waals surface area contributed by atoms with Crippen LogP contribution in [0.2, 0.25) is 0 Å². The summed E-state index contributed by atoms with van der Waals surface area (Å²) in [5, 5.41) is 13.3. The minimum atomic E-state index is 0.447. The van der Waals surface area contributed by atoms with Gasteiger partial charge >= 0.3 is 0 Å². The Labute approximate surface area is 103 Å². The highest BCUT2D eigenvalue weighted by molar-refractivity contribution is 5.40. The van der Waals surface area contributed by atoms with E-state index in [1.165, 1.54) is 5.56 Å². The molecule has 0 aromatic heterocycles. The number of nitrogens with zero attached hydrogens (tertiary/aromatic N) is 1. The molecule has 2 rings (SSSR count). The molecule has 1 heterocycles. The molecule has 17 heavy (non-hydrogen) atoms. The second kappa shape index (κ2) is 5.52. The molecule has 1 fully saturated rings. The van der Waals surface area contributed by atoms with Crippen LogP contribution in [-0.2, 0) is 6.42 Å². The number of phenols is 1. The van der Waals surface area contributed by atoms with Crippen molar-refractivity contribution in [1.29, 1.82) is 0 Å². The molecule has 0 spiro atoms. The van der Waals surface area contributed by atoms with Crippen molar-refractivity contribution < 1.29 is 5.11 Å². The number of aromatic hydroxyl groups is 1. The predicted molar refractivity (Wildman–Crippen MR) is 70.6 cm³/mol. The standard InChI is InChI=1S/C14H22N2O/c1-11-9-13(14(17)10-12(11)2)3-6-16-7-4-15-5-8-16/h9-10,15,17H,3-8H2,1-2H3. The summed E-state index contributed by atoms with van der Waals surface area (Å²) in [7, 11) is 0. The van der Waals surface area contributed by atoms with Gasteiger partial charge in [0.15, 0.2) is 0 Å². The van der Waals surface area contributed by atoms with Crippen LogP contribution in [0.3, 0.4) is 0 Å². The second-order valence-corrected chi connectivity index (χ2v) is 4.91. The Hall–Kier alpha value is -1.06. The van der Waals surface area contributed by atoms with Crippen LogP contribution >= 0.6 is 0 Å². The molecule has 2 N–H and O–H groups in total. The average Bonchev–Trinajstić information content (AvgIpc) is 2.33. The summed E-state index contributed by atoms with van der Waals surface area (Å²) in [6.45, 7) is 9.57. The van der Waals surface area contributed by atoms with Gasteiger partial charge in [-0.15, -0.1) is 0 Å². The fraction of sp³-hybridized carbons (Fsp3) is 0.571. The zero-order valence-electron chi connectivity index (χ0n) is 10.8. The molecule has 0 unspecified atom stereocenters. The van der Waals surface area contributed by atoms with Crippen molar-refractivity contribution >= 4 is 0 Å². The Morgan fingerprint density at radius 2 is 1.82 bits per heavy atom. The molecule has 0 bridgehead atoms. The first-order valence-corrected chi connectivity index (χ1v) is 6.39. The maximum absolute atomic E-state index is 9.91. The molecule has 1 saturated heterocycles. The van der Waals surface area contributed by atoms with Crippen molar-refractivity contribution in [2.75, 3.05) is 32.7 Å². The van der Waals surface area contributed by atoms with E-state index in [2.05, 4.69) is 23.2 Å². The van der Waals surface area contributed by atoms with Crippen LogP contribution in [0.5, 0.6) is 5.75 Å². The van der Waals surface area contributed by atoms with E-state index in [-0.39, 0.29) is 0 Å². The van der Waals surface area contributed by atoms with E-state index < -0.39 is 0 Å². The normalized spacial score (nSPS) is 17.3. The largest absolute Gasteiger partial charge is 0.508 e. The summed E-state index contributed by atoms with van der Waals surface area (Å²) < 4.78 is 0. The smallest absolute Gasteiger partial charge is 0.119 e. The van der Waals surface area contributed by atoms with E-state index in [4.69, 9.17) is 0 Å². The van der Waals surface area contributed by atoms with Gasteiger partial charge in [-0.3, -0.25) is 0 Å². The summed E-state index contributed by atoms with van der Waals surface area (Å²) >= 11 is 0. The summed E-state index contributed by atoms with van der Waals surface area (Å²) in [5.41, 5.74) is 3.50. The lowest BCUT2D eigenvalue weighted by Crippen LogP contribution is -2.44. The van der Waals surface area contributed by atoms with Gasteiger partial charge in [-0.25, -0.2) is 0 Å². The highest BCUT2D eigenvalue weighted by Gasteiger charge is 2.11. The molecule has 94 valence electrons. The Morgan fingerprint density at radius 1 is 1.18 bits per heavy atom. The Bertz CT molecular complexity index is 384. The van der Waals surface area contributed by atoms with Crippen LogP contribution in [0.4, 0.5) is 0 Å². The van der Waals surface area contributed by atoms with Gasteiger partial charge in [0, 0.05) is 32.7 Å². The average molecular weight is 234 g/mol. The number of phenolic OH excluding ortho intramolecular Hbond substituents is 1. The molecular formula is C14H22N2O. The molecule has 0 atom stereocenters. The molecule has 0 saturated carbocycles. The van der Waals surface area contributed by atoms with E-state index in [1.54, 1.807) is 0 Å². The lowest BCUT2D eigenvalue weighted by Gasteiger charge is -2.27. The molecule has 0 aliphatic carbocycles. The molecule has 3 heteroatoms. The first-order valence-electron chi connectivity index (χ1n) is 6.39. The maximum Gasteiger partial charge on any atom is 0.119 e. The van der Waals surface area contributed by atoms with Crippen LogP contribution in [-0.4, -0.2) is 42.7 Å². The third-order valence-electron chi connectivity index (χ3n) is 3.60. The molecule has 0 amide bonds. The molecule has 1 aliphatic rings. The van der Waals surface area contributed by atoms with Gasteiger partial charge in [-0.1, -0.05) is 6.07 Å². The monoisotopic (exact) mass is 234 g/mol. The zero-order valence-corrected chi connectivity index (χ0v) is 10.8. The van der Waals surface area contributed by atoms with Crippen molar-refractivity contribution in [1.82, 2.24) is 10.2 Å². The van der Waals surface area contributed by atoms with E-state index in [0.29, 0.717) is 5.75 Å². The predicted octanol–water partition coefficient (Wildman–Crippen LogP) is 1.46. The van der Waals surface area contributed by atoms with Gasteiger partial charge in [-0.2, -0.15) is 0 Å². The zero-order chi connectivity index (χ0) is 12.3. The van der Waals surface area contributed by atoms with Gasteiger partial charge in [0.05, 0.1) is 0 Å². The van der Waals surface area contributed by atoms with E-state index in [0.717, 1.165) is 50.3 Å². The molecule has 1 aromatic carbocycles. The quantitative estimate of drug-likeness (QED) is 0.831. The molecule has 3 nitrogen and oxygen atoms in total. The minimum absolute atomic E-state index is 0.447. The Kier molecular flexibility index (Phi) is 4.02. The van der Waals surface area contributed by atoms with Gasteiger partial charge in [0.25, 0.3) is 0 Å². The van der Waals surface area contributed by atoms with Gasteiger partial charge in [-0.05, 0) is 43.0 Å². The minimum Gasteiger partial charge on any atom is -0.508 e. The van der Waals surface area contributed by atoms with Crippen molar-refractivity contribution in [3.05, 3.63) is 28.8 Å². The lowest BCUT2D eigenvalue weighted by atomic mass is 10.0. The second-order valence-electron chi connectivity index (χ2n) is 4.91. The lowest BCUT2D eigenvalue weighted by molar-refractivity contribution is 0.243. The number of benzene rings is 1. The third-order valence-corrected chi connectivity index (χ3v) is 3.60. The fourth-order valence-electron chi connectivity index (χ4n) is 2.27. The van der Waals surface area contributed by atoms with Gasteiger partial charge in [0.1, 0.15) is 5.75 Å². The number of rotatable bonds is 3. The fourth-order valence-corrected chi connectivity index (χ4v) is 2.27. The number of nitrogens with one attached hydrogen (secondary N) is 1. The molecular weight excluding hydrogens is 212 g/mol. The topological polar surface area (TPSA) is 35.5 Å². The van der Waals surface area contributed by atoms with E-state index >= 15 is 0 Å². The van der Waals surface area contributed by atoms with Crippen LogP contribution < -0.4 is 5.32 Å². The number of piperazine rings is 1. The van der Waals surface area contributed by atoms with E-state index in [9.17, 15) is 5.11 Å². The van der Waals surface area contributed by atoms with E-state index in [1.807, 2.05) is 13.0 Å². The summed E-state index contributed by atoms with van der Waals surface area (Å²) in [4.78, 5) is 2.45. The molecule has 0 radical (unpaired) electrons. The summed E-state index contributed by atoms with van der Waals surface area (Å²) in [5.74, 6) is 0.447. The van der Waals surface area contributed by atoms with Crippen molar-refractivity contribution in [2.24, 2.45) is 0 Å². The van der Waals surface area contributed by atoms with Gasteiger partial charge in [0.2, 0.25) is 0 Å². The maximum atomic E-state index is 9.91. The summed E-state index contributed by atoms with van der Waals surface area (Å²) in [6.07, 6.45) is 0.937. The molecule has 1 aromatic rings. The Balaban J connectivity index is 1.96. The van der Waals surface area contributed by atoms with Crippen LogP contribution in [0.15, 0.2) is 12.1 Å². The van der Waals surface area contributed by atoms with Crippen molar-refractivity contribution in [3.63, 3.8) is 0 Å². The highest BCUT2D eigenvalue weighted by atomic mass is 16.3. The third kappa shape index (κ3) is 3.20. The first kappa shape index (κ1) is 12.4.